The molecular weight excluding hydrogens is 376 g/mol. The van der Waals surface area contributed by atoms with Crippen LogP contribution in [0.1, 0.15) is 24.1 Å². The zero-order chi connectivity index (χ0) is 14.4. The first-order valence-electron chi connectivity index (χ1n) is 5.18. The number of pyridine rings is 1. The van der Waals surface area contributed by atoms with Crippen molar-refractivity contribution in [2.24, 2.45) is 0 Å². The number of fused-ring (bicyclic) bond motifs is 1. The monoisotopic (exact) mass is 384 g/mol. The smallest absolute Gasteiger partial charge is 0.417 e. The Morgan fingerprint density at radius 1 is 1.47 bits per heavy atom. The summed E-state index contributed by atoms with van der Waals surface area (Å²) in [6.45, 7) is 1.43. The average Bonchev–Trinajstić information content (AvgIpc) is 2.70. The minimum Gasteiger partial charge on any atom is -0.481 e. The number of carboxylic acids is 1. The summed E-state index contributed by atoms with van der Waals surface area (Å²) in [5.74, 6) is -1.94. The molecule has 2 heterocycles. The van der Waals surface area contributed by atoms with Crippen molar-refractivity contribution in [3.05, 3.63) is 33.3 Å². The second kappa shape index (κ2) is 4.66. The number of halogens is 4. The van der Waals surface area contributed by atoms with Crippen molar-refractivity contribution in [3.8, 4) is 0 Å². The van der Waals surface area contributed by atoms with Crippen molar-refractivity contribution in [1.82, 2.24) is 9.38 Å². The van der Waals surface area contributed by atoms with E-state index in [1.807, 2.05) is 0 Å². The fourth-order valence-electron chi connectivity index (χ4n) is 1.57. The lowest BCUT2D eigenvalue weighted by atomic mass is 10.1. The fraction of sp³-hybridized carbons (Fsp3) is 0.273. The number of alkyl halides is 3. The molecule has 0 saturated carbocycles. The van der Waals surface area contributed by atoms with Crippen molar-refractivity contribution >= 4 is 34.2 Å². The molecule has 0 unspecified atom stereocenters. The Hall–Kier alpha value is -1.32. The number of imidazole rings is 1. The summed E-state index contributed by atoms with van der Waals surface area (Å²) in [5.41, 5.74) is -0.252. The molecule has 0 fully saturated rings. The van der Waals surface area contributed by atoms with E-state index in [0.717, 1.165) is 12.3 Å². The molecule has 2 aromatic heterocycles. The Bertz CT molecular complexity index is 651. The second-order valence-corrected chi connectivity index (χ2v) is 5.19. The number of carbonyl (C=O) groups is 1. The van der Waals surface area contributed by atoms with Crippen LogP contribution in [-0.2, 0) is 11.0 Å². The third-order valence-electron chi connectivity index (χ3n) is 2.67. The zero-order valence-electron chi connectivity index (χ0n) is 9.57. The first-order chi connectivity index (χ1) is 8.70. The summed E-state index contributed by atoms with van der Waals surface area (Å²) < 4.78 is 39.5. The van der Waals surface area contributed by atoms with Gasteiger partial charge >= 0.3 is 12.1 Å². The van der Waals surface area contributed by atoms with Crippen molar-refractivity contribution < 1.29 is 23.1 Å². The Balaban J connectivity index is 2.60. The lowest BCUT2D eigenvalue weighted by molar-refractivity contribution is -0.139. The molecule has 0 radical (unpaired) electrons. The molecule has 2 aromatic rings. The van der Waals surface area contributed by atoms with Crippen LogP contribution < -0.4 is 0 Å². The summed E-state index contributed by atoms with van der Waals surface area (Å²) in [5, 5.41) is 8.88. The fourth-order valence-corrected chi connectivity index (χ4v) is 2.30. The molecule has 4 nitrogen and oxygen atoms in total. The zero-order valence-corrected chi connectivity index (χ0v) is 11.7. The van der Waals surface area contributed by atoms with Gasteiger partial charge in [0.05, 0.1) is 20.7 Å². The van der Waals surface area contributed by atoms with Gasteiger partial charge in [0, 0.05) is 12.4 Å². The van der Waals surface area contributed by atoms with E-state index in [0.29, 0.717) is 9.22 Å². The van der Waals surface area contributed by atoms with Crippen LogP contribution in [0.4, 0.5) is 13.2 Å². The van der Waals surface area contributed by atoms with Gasteiger partial charge in [0.2, 0.25) is 0 Å². The number of hydrogen-bond donors (Lipinski definition) is 1. The van der Waals surface area contributed by atoms with E-state index in [-0.39, 0.29) is 5.69 Å². The third-order valence-corrected chi connectivity index (χ3v) is 3.46. The Morgan fingerprint density at radius 2 is 2.11 bits per heavy atom. The van der Waals surface area contributed by atoms with E-state index in [4.69, 9.17) is 5.11 Å². The molecule has 0 aliphatic rings. The molecule has 0 aliphatic heterocycles. The molecule has 0 aliphatic carbocycles. The van der Waals surface area contributed by atoms with Gasteiger partial charge in [0.25, 0.3) is 0 Å². The van der Waals surface area contributed by atoms with Gasteiger partial charge in [-0.05, 0) is 35.6 Å². The van der Waals surface area contributed by atoms with Crippen LogP contribution in [0.25, 0.3) is 5.65 Å². The van der Waals surface area contributed by atoms with Crippen LogP contribution >= 0.6 is 22.6 Å². The van der Waals surface area contributed by atoms with E-state index in [2.05, 4.69) is 4.98 Å². The van der Waals surface area contributed by atoms with Gasteiger partial charge < -0.3 is 9.51 Å². The van der Waals surface area contributed by atoms with Crippen LogP contribution in [0.5, 0.6) is 0 Å². The van der Waals surface area contributed by atoms with Gasteiger partial charge in [-0.15, -0.1) is 0 Å². The molecule has 0 amide bonds. The largest absolute Gasteiger partial charge is 0.481 e. The predicted octanol–water partition coefficient (Wildman–Crippen LogP) is 3.15. The Morgan fingerprint density at radius 3 is 2.63 bits per heavy atom. The molecule has 19 heavy (non-hydrogen) atoms. The van der Waals surface area contributed by atoms with Crippen molar-refractivity contribution in [2.75, 3.05) is 0 Å². The van der Waals surface area contributed by atoms with Crippen LogP contribution in [0.3, 0.4) is 0 Å². The highest BCUT2D eigenvalue weighted by atomic mass is 127. The predicted molar refractivity (Wildman–Crippen MR) is 69.0 cm³/mol. The molecule has 8 heteroatoms. The summed E-state index contributed by atoms with van der Waals surface area (Å²) in [6, 6.07) is 0.984. The van der Waals surface area contributed by atoms with Crippen molar-refractivity contribution in [1.29, 1.82) is 0 Å². The van der Waals surface area contributed by atoms with Crippen LogP contribution in [0.2, 0.25) is 0 Å². The quantitative estimate of drug-likeness (QED) is 0.810. The maximum absolute atomic E-state index is 12.7. The van der Waals surface area contributed by atoms with Crippen LogP contribution in [-0.4, -0.2) is 20.5 Å². The molecule has 1 N–H and O–H groups in total. The highest BCUT2D eigenvalue weighted by Gasteiger charge is 2.32. The topological polar surface area (TPSA) is 54.6 Å². The lowest BCUT2D eigenvalue weighted by Crippen LogP contribution is -2.07. The van der Waals surface area contributed by atoms with Crippen molar-refractivity contribution in [2.45, 2.75) is 19.0 Å². The van der Waals surface area contributed by atoms with Crippen molar-refractivity contribution in [3.63, 3.8) is 0 Å². The minimum atomic E-state index is -4.45. The number of hydrogen-bond acceptors (Lipinski definition) is 2. The second-order valence-electron chi connectivity index (χ2n) is 4.03. The number of carboxylic acid groups (broad SMARTS) is 1. The molecular formula is C11H8F3IN2O2. The molecule has 1 atom stereocenters. The molecule has 0 aromatic carbocycles. The summed E-state index contributed by atoms with van der Waals surface area (Å²) >= 11 is 1.75. The number of nitrogens with zero attached hydrogens (tertiary/aromatic N) is 2. The maximum atomic E-state index is 12.7. The van der Waals surface area contributed by atoms with E-state index in [1.54, 1.807) is 22.6 Å². The standard InChI is InChI=1S/C11H8F3IN2O2/c1-5(10(18)19)8-4-17-3-6(11(12,13)14)2-7(15)9(17)16-8/h2-5H,1H3,(H,18,19)/t5-/m1/s1. The van der Waals surface area contributed by atoms with E-state index in [9.17, 15) is 18.0 Å². The maximum Gasteiger partial charge on any atom is 0.417 e. The molecule has 2 rings (SSSR count). The summed E-state index contributed by atoms with van der Waals surface area (Å²) in [6.07, 6.45) is -2.23. The van der Waals surface area contributed by atoms with Gasteiger partial charge in [-0.2, -0.15) is 13.2 Å². The van der Waals surface area contributed by atoms with E-state index in [1.165, 1.54) is 17.5 Å². The summed E-state index contributed by atoms with van der Waals surface area (Å²) in [4.78, 5) is 14.9. The number of aliphatic carboxylic acids is 1. The lowest BCUT2D eigenvalue weighted by Gasteiger charge is -2.07. The first kappa shape index (κ1) is 14.1. The third kappa shape index (κ3) is 2.67. The molecule has 0 bridgehead atoms. The first-order valence-corrected chi connectivity index (χ1v) is 6.26. The minimum absolute atomic E-state index is 0.227. The average molecular weight is 384 g/mol. The highest BCUT2D eigenvalue weighted by Crippen LogP contribution is 2.31. The molecule has 0 saturated heterocycles. The molecule has 102 valence electrons. The highest BCUT2D eigenvalue weighted by molar-refractivity contribution is 14.1. The van der Waals surface area contributed by atoms with Gasteiger partial charge in [0.15, 0.2) is 5.65 Å². The van der Waals surface area contributed by atoms with Gasteiger partial charge in [-0.25, -0.2) is 4.98 Å². The van der Waals surface area contributed by atoms with Gasteiger partial charge in [-0.3, -0.25) is 4.79 Å². The summed E-state index contributed by atoms with van der Waals surface area (Å²) in [7, 11) is 0. The normalized spacial score (nSPS) is 13.7. The van der Waals surface area contributed by atoms with Gasteiger partial charge in [0.1, 0.15) is 0 Å². The Kier molecular flexibility index (Phi) is 3.45. The van der Waals surface area contributed by atoms with Crippen LogP contribution in [0, 0.1) is 3.57 Å². The molecule has 0 spiro atoms. The van der Waals surface area contributed by atoms with Gasteiger partial charge in [-0.1, -0.05) is 0 Å². The Labute approximate surface area is 119 Å². The van der Waals surface area contributed by atoms with Crippen LogP contribution in [0.15, 0.2) is 18.5 Å². The number of rotatable bonds is 2. The van der Waals surface area contributed by atoms with E-state index >= 15 is 0 Å². The SMILES string of the molecule is C[C@@H](C(=O)O)c1cn2cc(C(F)(F)F)cc(I)c2n1. The number of aromatic nitrogens is 2. The van der Waals surface area contributed by atoms with E-state index < -0.39 is 23.6 Å².